The minimum Gasteiger partial charge on any atom is -0.354 e. The van der Waals surface area contributed by atoms with Crippen LogP contribution in [0.1, 0.15) is 37.2 Å². The van der Waals surface area contributed by atoms with Crippen LogP contribution in [0.5, 0.6) is 0 Å². The molecule has 0 aliphatic heterocycles. The van der Waals surface area contributed by atoms with Crippen molar-refractivity contribution in [3.05, 3.63) is 29.1 Å². The molecule has 1 amide bonds. The predicted octanol–water partition coefficient (Wildman–Crippen LogP) is 3.06. The maximum atomic E-state index is 11.9. The Hall–Kier alpha value is -1.30. The lowest BCUT2D eigenvalue weighted by molar-refractivity contribution is -0.123. The molecule has 0 saturated heterocycles. The molecule has 2 atom stereocenters. The van der Waals surface area contributed by atoms with Gasteiger partial charge in [-0.1, -0.05) is 26.3 Å². The second kappa shape index (κ2) is 9.87. The van der Waals surface area contributed by atoms with E-state index in [4.69, 9.17) is 5.73 Å². The number of rotatable bonds is 6. The summed E-state index contributed by atoms with van der Waals surface area (Å²) in [5.74, 6) is 0.996. The zero-order valence-electron chi connectivity index (χ0n) is 14.7. The molecule has 0 fully saturated rings. The molecule has 0 saturated carbocycles. The third-order valence-corrected chi connectivity index (χ3v) is 4.45. The molecule has 1 heterocycles. The molecule has 1 aromatic carbocycles. The number of halogens is 2. The van der Waals surface area contributed by atoms with Crippen molar-refractivity contribution < 1.29 is 4.79 Å². The van der Waals surface area contributed by atoms with E-state index >= 15 is 0 Å². The maximum absolute atomic E-state index is 11.9. The van der Waals surface area contributed by atoms with Crippen molar-refractivity contribution in [1.29, 1.82) is 0 Å². The molecule has 0 radical (unpaired) electrons. The van der Waals surface area contributed by atoms with E-state index in [1.54, 1.807) is 0 Å². The number of hydrogen-bond acceptors (Lipinski definition) is 3. The molecular formula is C17H28Cl2N4O. The summed E-state index contributed by atoms with van der Waals surface area (Å²) < 4.78 is 0. The number of nitrogens with two attached hydrogens (primary N) is 1. The molecule has 2 rings (SSSR count). The van der Waals surface area contributed by atoms with Crippen LogP contribution in [0, 0.1) is 19.8 Å². The molecule has 1 aromatic heterocycles. The molecule has 0 bridgehead atoms. The van der Waals surface area contributed by atoms with Crippen molar-refractivity contribution in [1.82, 2.24) is 15.3 Å². The molecule has 0 aliphatic rings. The van der Waals surface area contributed by atoms with E-state index in [2.05, 4.69) is 35.2 Å². The van der Waals surface area contributed by atoms with Crippen molar-refractivity contribution in [2.75, 3.05) is 6.54 Å². The molecule has 4 N–H and O–H groups in total. The number of H-pyrrole nitrogens is 1. The summed E-state index contributed by atoms with van der Waals surface area (Å²) in [4.78, 5) is 19.9. The molecule has 7 heteroatoms. The molecule has 2 aromatic rings. The third kappa shape index (κ3) is 5.10. The molecule has 0 aliphatic carbocycles. The van der Waals surface area contributed by atoms with E-state index in [1.807, 2.05) is 19.9 Å². The second-order valence-corrected chi connectivity index (χ2v) is 6.04. The highest BCUT2D eigenvalue weighted by molar-refractivity contribution is 5.85. The number of carbonyl (C=O) groups excluding carboxylic acids is 1. The van der Waals surface area contributed by atoms with Gasteiger partial charge in [0.2, 0.25) is 5.91 Å². The van der Waals surface area contributed by atoms with Crippen LogP contribution in [-0.4, -0.2) is 28.5 Å². The van der Waals surface area contributed by atoms with E-state index in [0.717, 1.165) is 23.3 Å². The van der Waals surface area contributed by atoms with Gasteiger partial charge in [-0.05, 0) is 37.0 Å². The highest BCUT2D eigenvalue weighted by Gasteiger charge is 2.18. The van der Waals surface area contributed by atoms with Gasteiger partial charge in [0.15, 0.2) is 0 Å². The quantitative estimate of drug-likeness (QED) is 0.726. The van der Waals surface area contributed by atoms with Crippen LogP contribution >= 0.6 is 24.8 Å². The number of aromatic nitrogens is 2. The summed E-state index contributed by atoms with van der Waals surface area (Å²) in [6.07, 6.45) is 1.57. The summed E-state index contributed by atoms with van der Waals surface area (Å²) in [5, 5.41) is 2.89. The molecule has 0 unspecified atom stereocenters. The van der Waals surface area contributed by atoms with E-state index in [1.165, 1.54) is 11.1 Å². The Labute approximate surface area is 156 Å². The van der Waals surface area contributed by atoms with Crippen LogP contribution in [-0.2, 0) is 11.2 Å². The van der Waals surface area contributed by atoms with Crippen molar-refractivity contribution in [3.63, 3.8) is 0 Å². The monoisotopic (exact) mass is 374 g/mol. The van der Waals surface area contributed by atoms with Gasteiger partial charge >= 0.3 is 0 Å². The zero-order chi connectivity index (χ0) is 16.3. The first kappa shape index (κ1) is 22.7. The number of aryl methyl sites for hydroxylation is 2. The Morgan fingerprint density at radius 1 is 1.33 bits per heavy atom. The number of nitrogens with zero attached hydrogens (tertiary/aromatic N) is 1. The van der Waals surface area contributed by atoms with Gasteiger partial charge in [-0.2, -0.15) is 0 Å². The Kier molecular flexibility index (Phi) is 9.33. The zero-order valence-corrected chi connectivity index (χ0v) is 16.3. The second-order valence-electron chi connectivity index (χ2n) is 6.04. The number of amides is 1. The molecule has 136 valence electrons. The minimum absolute atomic E-state index is 0. The number of hydrogen-bond donors (Lipinski definition) is 3. The number of imidazole rings is 1. The number of benzene rings is 1. The standard InChI is InChI=1S/C17H26N4O.2ClH/c1-5-10(2)15(18)17(22)19-9-8-14-20-13-7-6-11(3)12(4)16(13)21-14;;/h6-7,10,15H,5,8-9,18H2,1-4H3,(H,19,22)(H,20,21);2*1H/t10-,15-;;/m0../s1. The normalized spacial score (nSPS) is 12.9. The molecule has 24 heavy (non-hydrogen) atoms. The van der Waals surface area contributed by atoms with Gasteiger partial charge in [0, 0.05) is 13.0 Å². The number of nitrogens with one attached hydrogen (secondary N) is 2. The van der Waals surface area contributed by atoms with Crippen molar-refractivity contribution in [2.45, 2.75) is 46.6 Å². The Morgan fingerprint density at radius 3 is 2.62 bits per heavy atom. The van der Waals surface area contributed by atoms with Crippen LogP contribution in [0.2, 0.25) is 0 Å². The topological polar surface area (TPSA) is 83.8 Å². The summed E-state index contributed by atoms with van der Waals surface area (Å²) in [5.41, 5.74) is 10.4. The fourth-order valence-electron chi connectivity index (χ4n) is 2.42. The SMILES string of the molecule is CC[C@H](C)[C@H](N)C(=O)NCCc1nc2c(C)c(C)ccc2[nH]1.Cl.Cl. The van der Waals surface area contributed by atoms with E-state index in [0.29, 0.717) is 13.0 Å². The van der Waals surface area contributed by atoms with E-state index < -0.39 is 6.04 Å². The highest BCUT2D eigenvalue weighted by Crippen LogP contribution is 2.19. The van der Waals surface area contributed by atoms with E-state index in [-0.39, 0.29) is 36.6 Å². The minimum atomic E-state index is -0.439. The Bertz CT molecular complexity index is 672. The summed E-state index contributed by atoms with van der Waals surface area (Å²) in [6, 6.07) is 3.70. The maximum Gasteiger partial charge on any atom is 0.237 e. The number of carbonyl (C=O) groups is 1. The van der Waals surface area contributed by atoms with Crippen LogP contribution in [0.15, 0.2) is 12.1 Å². The molecule has 5 nitrogen and oxygen atoms in total. The van der Waals surface area contributed by atoms with Crippen LogP contribution in [0.25, 0.3) is 11.0 Å². The molecular weight excluding hydrogens is 347 g/mol. The van der Waals surface area contributed by atoms with Gasteiger partial charge in [0.05, 0.1) is 17.1 Å². The van der Waals surface area contributed by atoms with E-state index in [9.17, 15) is 4.79 Å². The largest absolute Gasteiger partial charge is 0.354 e. The fourth-order valence-corrected chi connectivity index (χ4v) is 2.42. The first-order chi connectivity index (χ1) is 10.4. The smallest absolute Gasteiger partial charge is 0.237 e. The van der Waals surface area contributed by atoms with Crippen LogP contribution in [0.4, 0.5) is 0 Å². The summed E-state index contributed by atoms with van der Waals surface area (Å²) in [6.45, 7) is 8.74. The summed E-state index contributed by atoms with van der Waals surface area (Å²) in [7, 11) is 0. The predicted molar refractivity (Wildman–Crippen MR) is 104 cm³/mol. The van der Waals surface area contributed by atoms with Crippen molar-refractivity contribution in [2.24, 2.45) is 11.7 Å². The first-order valence-electron chi connectivity index (χ1n) is 7.92. The molecule has 0 spiro atoms. The van der Waals surface area contributed by atoms with Gasteiger partial charge in [0.1, 0.15) is 5.82 Å². The van der Waals surface area contributed by atoms with Gasteiger partial charge in [-0.3, -0.25) is 4.79 Å². The van der Waals surface area contributed by atoms with Crippen LogP contribution in [0.3, 0.4) is 0 Å². The average molecular weight is 375 g/mol. The van der Waals surface area contributed by atoms with Gasteiger partial charge < -0.3 is 16.0 Å². The Balaban J connectivity index is 0.00000264. The highest BCUT2D eigenvalue weighted by atomic mass is 35.5. The number of aromatic amines is 1. The fraction of sp³-hybridized carbons (Fsp3) is 0.529. The average Bonchev–Trinajstić information content (AvgIpc) is 2.93. The van der Waals surface area contributed by atoms with Gasteiger partial charge in [-0.25, -0.2) is 4.98 Å². The van der Waals surface area contributed by atoms with Crippen molar-refractivity contribution >= 4 is 41.8 Å². The lowest BCUT2D eigenvalue weighted by atomic mass is 9.99. The lowest BCUT2D eigenvalue weighted by Gasteiger charge is -2.17. The first-order valence-corrected chi connectivity index (χ1v) is 7.92. The van der Waals surface area contributed by atoms with Crippen LogP contribution < -0.4 is 11.1 Å². The lowest BCUT2D eigenvalue weighted by Crippen LogP contribution is -2.45. The number of fused-ring (bicyclic) bond motifs is 1. The summed E-state index contributed by atoms with van der Waals surface area (Å²) >= 11 is 0. The Morgan fingerprint density at radius 2 is 2.00 bits per heavy atom. The van der Waals surface area contributed by atoms with Crippen molar-refractivity contribution in [3.8, 4) is 0 Å². The van der Waals surface area contributed by atoms with Gasteiger partial charge in [-0.15, -0.1) is 24.8 Å². The van der Waals surface area contributed by atoms with Gasteiger partial charge in [0.25, 0.3) is 0 Å². The third-order valence-electron chi connectivity index (χ3n) is 4.45.